The van der Waals surface area contributed by atoms with Crippen LogP contribution in [0.2, 0.25) is 5.02 Å². The lowest BCUT2D eigenvalue weighted by molar-refractivity contribution is 0.178. The molecule has 0 saturated heterocycles. The number of rotatable bonds is 3. The van der Waals surface area contributed by atoms with E-state index in [-0.39, 0.29) is 5.02 Å². The van der Waals surface area contributed by atoms with Gasteiger partial charge in [-0.15, -0.1) is 0 Å². The molecule has 0 bridgehead atoms. The van der Waals surface area contributed by atoms with Gasteiger partial charge in [-0.05, 0) is 29.3 Å². The molecular formula is C13H11ClFNO. The van der Waals surface area contributed by atoms with Gasteiger partial charge >= 0.3 is 0 Å². The SMILES string of the molecule is OC(Cc1cccnc1)c1ccc(F)c(Cl)c1. The first-order valence-electron chi connectivity index (χ1n) is 5.19. The Bertz CT molecular complexity index is 504. The minimum absolute atomic E-state index is 0.0211. The number of benzene rings is 1. The Labute approximate surface area is 104 Å². The van der Waals surface area contributed by atoms with Crippen molar-refractivity contribution in [3.63, 3.8) is 0 Å². The normalized spacial score (nSPS) is 12.4. The van der Waals surface area contributed by atoms with Crippen molar-refractivity contribution < 1.29 is 9.50 Å². The summed E-state index contributed by atoms with van der Waals surface area (Å²) >= 11 is 5.66. The number of aliphatic hydroxyl groups is 1. The van der Waals surface area contributed by atoms with Gasteiger partial charge in [0.15, 0.2) is 0 Å². The van der Waals surface area contributed by atoms with Crippen molar-refractivity contribution in [2.75, 3.05) is 0 Å². The summed E-state index contributed by atoms with van der Waals surface area (Å²) in [7, 11) is 0. The predicted octanol–water partition coefficient (Wildman–Crippen LogP) is 3.15. The van der Waals surface area contributed by atoms with Gasteiger partial charge in [0.25, 0.3) is 0 Å². The van der Waals surface area contributed by atoms with Crippen molar-refractivity contribution in [1.29, 1.82) is 0 Å². The highest BCUT2D eigenvalue weighted by atomic mass is 35.5. The topological polar surface area (TPSA) is 33.1 Å². The fourth-order valence-electron chi connectivity index (χ4n) is 1.58. The fraction of sp³-hybridized carbons (Fsp3) is 0.154. The number of hydrogen-bond donors (Lipinski definition) is 1. The Morgan fingerprint density at radius 3 is 2.82 bits per heavy atom. The molecule has 1 N–H and O–H groups in total. The molecule has 0 aliphatic carbocycles. The van der Waals surface area contributed by atoms with Gasteiger partial charge in [0.1, 0.15) is 5.82 Å². The fourth-order valence-corrected chi connectivity index (χ4v) is 1.77. The molecule has 4 heteroatoms. The van der Waals surface area contributed by atoms with Crippen LogP contribution in [-0.2, 0) is 6.42 Å². The molecule has 0 fully saturated rings. The summed E-state index contributed by atoms with van der Waals surface area (Å²) in [5.41, 5.74) is 1.51. The monoisotopic (exact) mass is 251 g/mol. The van der Waals surface area contributed by atoms with Crippen LogP contribution in [0.1, 0.15) is 17.2 Å². The maximum absolute atomic E-state index is 13.0. The van der Waals surface area contributed by atoms with Crippen molar-refractivity contribution in [2.45, 2.75) is 12.5 Å². The minimum atomic E-state index is -0.711. The largest absolute Gasteiger partial charge is 0.388 e. The van der Waals surface area contributed by atoms with Crippen LogP contribution in [-0.4, -0.2) is 10.1 Å². The molecule has 2 rings (SSSR count). The molecule has 0 saturated carbocycles. The Hall–Kier alpha value is -1.45. The van der Waals surface area contributed by atoms with E-state index in [9.17, 15) is 9.50 Å². The van der Waals surface area contributed by atoms with E-state index in [1.807, 2.05) is 6.07 Å². The Morgan fingerprint density at radius 2 is 2.18 bits per heavy atom. The van der Waals surface area contributed by atoms with E-state index in [1.165, 1.54) is 18.2 Å². The third kappa shape index (κ3) is 3.02. The van der Waals surface area contributed by atoms with Gasteiger partial charge in [0.05, 0.1) is 11.1 Å². The molecule has 1 aromatic heterocycles. The number of halogens is 2. The molecule has 1 heterocycles. The van der Waals surface area contributed by atoms with Gasteiger partial charge < -0.3 is 5.11 Å². The van der Waals surface area contributed by atoms with Crippen LogP contribution < -0.4 is 0 Å². The number of hydrogen-bond acceptors (Lipinski definition) is 2. The van der Waals surface area contributed by atoms with Gasteiger partial charge in [-0.3, -0.25) is 4.98 Å². The second-order valence-electron chi connectivity index (χ2n) is 3.75. The summed E-state index contributed by atoms with van der Waals surface area (Å²) in [6, 6.07) is 7.91. The second-order valence-corrected chi connectivity index (χ2v) is 4.16. The average Bonchev–Trinajstić information content (AvgIpc) is 2.34. The molecule has 0 spiro atoms. The van der Waals surface area contributed by atoms with Crippen LogP contribution in [0, 0.1) is 5.82 Å². The van der Waals surface area contributed by atoms with E-state index in [1.54, 1.807) is 18.5 Å². The molecule has 1 aromatic carbocycles. The quantitative estimate of drug-likeness (QED) is 0.909. The molecule has 0 aliphatic heterocycles. The van der Waals surface area contributed by atoms with Crippen molar-refractivity contribution >= 4 is 11.6 Å². The lowest BCUT2D eigenvalue weighted by atomic mass is 10.0. The van der Waals surface area contributed by atoms with Crippen LogP contribution in [0.3, 0.4) is 0 Å². The zero-order valence-corrected chi connectivity index (χ0v) is 9.73. The van der Waals surface area contributed by atoms with Gasteiger partial charge in [0.2, 0.25) is 0 Å². The highest BCUT2D eigenvalue weighted by Gasteiger charge is 2.10. The van der Waals surface area contributed by atoms with Crippen LogP contribution in [0.4, 0.5) is 4.39 Å². The standard InChI is InChI=1S/C13H11ClFNO/c14-11-7-10(3-4-12(11)15)13(17)6-9-2-1-5-16-8-9/h1-5,7-8,13,17H,6H2. The number of pyridine rings is 1. The summed E-state index contributed by atoms with van der Waals surface area (Å²) in [6.07, 6.45) is 3.08. The molecule has 88 valence electrons. The lowest BCUT2D eigenvalue weighted by Gasteiger charge is -2.11. The van der Waals surface area contributed by atoms with Gasteiger partial charge in [0, 0.05) is 18.8 Å². The summed E-state index contributed by atoms with van der Waals surface area (Å²) in [6.45, 7) is 0. The lowest BCUT2D eigenvalue weighted by Crippen LogP contribution is -2.02. The second kappa shape index (κ2) is 5.25. The molecular weight excluding hydrogens is 241 g/mol. The van der Waals surface area contributed by atoms with Crippen LogP contribution in [0.5, 0.6) is 0 Å². The van der Waals surface area contributed by atoms with Gasteiger partial charge in [-0.1, -0.05) is 23.7 Å². The molecule has 0 amide bonds. The first-order chi connectivity index (χ1) is 8.16. The smallest absolute Gasteiger partial charge is 0.141 e. The third-order valence-corrected chi connectivity index (χ3v) is 2.77. The van der Waals surface area contributed by atoms with E-state index >= 15 is 0 Å². The highest BCUT2D eigenvalue weighted by molar-refractivity contribution is 6.30. The maximum Gasteiger partial charge on any atom is 0.141 e. The number of nitrogens with zero attached hydrogens (tertiary/aromatic N) is 1. The van der Waals surface area contributed by atoms with E-state index in [2.05, 4.69) is 4.98 Å². The van der Waals surface area contributed by atoms with Crippen molar-refractivity contribution in [3.05, 3.63) is 64.7 Å². The Kier molecular flexibility index (Phi) is 3.71. The average molecular weight is 252 g/mol. The zero-order valence-electron chi connectivity index (χ0n) is 8.98. The van der Waals surface area contributed by atoms with E-state index in [0.29, 0.717) is 12.0 Å². The van der Waals surface area contributed by atoms with Crippen molar-refractivity contribution in [2.24, 2.45) is 0 Å². The predicted molar refractivity (Wildman–Crippen MR) is 64.3 cm³/mol. The third-order valence-electron chi connectivity index (χ3n) is 2.48. The number of aromatic nitrogens is 1. The van der Waals surface area contributed by atoms with Gasteiger partial charge in [-0.25, -0.2) is 4.39 Å². The van der Waals surface area contributed by atoms with Crippen LogP contribution in [0.15, 0.2) is 42.7 Å². The van der Waals surface area contributed by atoms with E-state index < -0.39 is 11.9 Å². The summed E-state index contributed by atoms with van der Waals surface area (Å²) in [5.74, 6) is -0.482. The molecule has 1 unspecified atom stereocenters. The summed E-state index contributed by atoms with van der Waals surface area (Å²) < 4.78 is 13.0. The van der Waals surface area contributed by atoms with Crippen molar-refractivity contribution in [1.82, 2.24) is 4.98 Å². The molecule has 2 aromatic rings. The Balaban J connectivity index is 2.14. The molecule has 0 radical (unpaired) electrons. The number of aliphatic hydroxyl groups excluding tert-OH is 1. The summed E-state index contributed by atoms with van der Waals surface area (Å²) in [5, 5.41) is 10.0. The first-order valence-corrected chi connectivity index (χ1v) is 5.56. The highest BCUT2D eigenvalue weighted by Crippen LogP contribution is 2.23. The molecule has 0 aliphatic rings. The Morgan fingerprint density at radius 1 is 1.35 bits per heavy atom. The minimum Gasteiger partial charge on any atom is -0.388 e. The van der Waals surface area contributed by atoms with E-state index in [4.69, 9.17) is 11.6 Å². The van der Waals surface area contributed by atoms with Gasteiger partial charge in [-0.2, -0.15) is 0 Å². The molecule has 1 atom stereocenters. The summed E-state index contributed by atoms with van der Waals surface area (Å²) in [4.78, 5) is 3.97. The first kappa shape index (κ1) is 12.0. The maximum atomic E-state index is 13.0. The molecule has 17 heavy (non-hydrogen) atoms. The van der Waals surface area contributed by atoms with Crippen LogP contribution in [0.25, 0.3) is 0 Å². The zero-order chi connectivity index (χ0) is 12.3. The van der Waals surface area contributed by atoms with Crippen LogP contribution >= 0.6 is 11.6 Å². The van der Waals surface area contributed by atoms with Crippen molar-refractivity contribution in [3.8, 4) is 0 Å². The van der Waals surface area contributed by atoms with E-state index in [0.717, 1.165) is 5.56 Å². The molecule has 2 nitrogen and oxygen atoms in total.